The molecule has 0 fully saturated rings. The van der Waals surface area contributed by atoms with Gasteiger partial charge in [-0.25, -0.2) is 0 Å². The number of anilines is 1. The van der Waals surface area contributed by atoms with E-state index in [1.54, 1.807) is 6.07 Å². The molecule has 0 heterocycles. The number of aromatic hydroxyl groups is 1. The van der Waals surface area contributed by atoms with Gasteiger partial charge in [-0.05, 0) is 59.6 Å². The highest BCUT2D eigenvalue weighted by Gasteiger charge is 2.22. The maximum absolute atomic E-state index is 13.2. The quantitative estimate of drug-likeness (QED) is 0.346. The molecule has 5 heteroatoms. The number of aliphatic carboxylic acids is 1. The summed E-state index contributed by atoms with van der Waals surface area (Å²) in [6.07, 6.45) is 1.96. The number of hydrogen-bond donors (Lipinski definition) is 3. The predicted octanol–water partition coefficient (Wildman–Crippen LogP) is 5.77. The van der Waals surface area contributed by atoms with Gasteiger partial charge in [0.05, 0.1) is 11.6 Å². The topological polar surface area (TPSA) is 86.6 Å². The van der Waals surface area contributed by atoms with Crippen LogP contribution >= 0.6 is 0 Å². The van der Waals surface area contributed by atoms with Gasteiger partial charge >= 0.3 is 5.97 Å². The molecule has 0 radical (unpaired) electrons. The first-order valence-electron chi connectivity index (χ1n) is 11.3. The molecular formula is C28H31NO4. The summed E-state index contributed by atoms with van der Waals surface area (Å²) < 4.78 is 0. The van der Waals surface area contributed by atoms with Crippen LogP contribution in [0.1, 0.15) is 54.9 Å². The molecule has 1 amide bonds. The highest BCUT2D eigenvalue weighted by atomic mass is 16.4. The lowest BCUT2D eigenvalue weighted by Crippen LogP contribution is -2.22. The monoisotopic (exact) mass is 445 g/mol. The summed E-state index contributed by atoms with van der Waals surface area (Å²) in [6.45, 7) is 4.18. The SMILES string of the molecule is CC(C)CC(C(=O)Nc1cc(Cc2ccc(CCC(=O)O)cc2)ccc1O)c1ccccc1. The number of phenolic OH excluding ortho intramolecular Hbond substituents is 1. The van der Waals surface area contributed by atoms with Gasteiger partial charge in [0, 0.05) is 6.42 Å². The van der Waals surface area contributed by atoms with E-state index in [2.05, 4.69) is 19.2 Å². The number of carboxylic acid groups (broad SMARTS) is 1. The minimum absolute atomic E-state index is 0.0347. The zero-order chi connectivity index (χ0) is 23.8. The van der Waals surface area contributed by atoms with Crippen LogP contribution in [0.5, 0.6) is 5.75 Å². The van der Waals surface area contributed by atoms with Crippen molar-refractivity contribution >= 4 is 17.6 Å². The molecule has 3 rings (SSSR count). The number of amides is 1. The average Bonchev–Trinajstić information content (AvgIpc) is 2.79. The molecule has 0 aliphatic heterocycles. The van der Waals surface area contributed by atoms with E-state index < -0.39 is 5.97 Å². The van der Waals surface area contributed by atoms with E-state index in [1.165, 1.54) is 0 Å². The summed E-state index contributed by atoms with van der Waals surface area (Å²) >= 11 is 0. The second kappa shape index (κ2) is 11.3. The summed E-state index contributed by atoms with van der Waals surface area (Å²) in [6, 6.07) is 22.8. The van der Waals surface area contributed by atoms with E-state index in [0.29, 0.717) is 30.9 Å². The van der Waals surface area contributed by atoms with Crippen LogP contribution in [0.25, 0.3) is 0 Å². The first-order valence-corrected chi connectivity index (χ1v) is 11.3. The van der Waals surface area contributed by atoms with Crippen LogP contribution in [0.4, 0.5) is 5.69 Å². The number of hydrogen-bond acceptors (Lipinski definition) is 3. The Kier molecular flexibility index (Phi) is 8.25. The van der Waals surface area contributed by atoms with Gasteiger partial charge in [-0.2, -0.15) is 0 Å². The highest BCUT2D eigenvalue weighted by molar-refractivity contribution is 5.97. The third-order valence-electron chi connectivity index (χ3n) is 5.60. The Morgan fingerprint density at radius 3 is 2.15 bits per heavy atom. The lowest BCUT2D eigenvalue weighted by Gasteiger charge is -2.20. The van der Waals surface area contributed by atoms with E-state index in [9.17, 15) is 14.7 Å². The molecule has 3 aromatic rings. The molecular weight excluding hydrogens is 414 g/mol. The molecule has 0 spiro atoms. The molecule has 5 nitrogen and oxygen atoms in total. The Morgan fingerprint density at radius 1 is 0.879 bits per heavy atom. The summed E-state index contributed by atoms with van der Waals surface area (Å²) in [5.74, 6) is -0.856. The Morgan fingerprint density at radius 2 is 1.52 bits per heavy atom. The number of nitrogens with one attached hydrogen (secondary N) is 1. The number of rotatable bonds is 10. The first kappa shape index (κ1) is 24.1. The van der Waals surface area contributed by atoms with Crippen molar-refractivity contribution in [1.29, 1.82) is 0 Å². The van der Waals surface area contributed by atoms with Crippen molar-refractivity contribution in [3.8, 4) is 5.75 Å². The minimum atomic E-state index is -0.805. The van der Waals surface area contributed by atoms with Crippen molar-refractivity contribution in [2.75, 3.05) is 5.32 Å². The number of carbonyl (C=O) groups is 2. The van der Waals surface area contributed by atoms with Gasteiger partial charge in [0.2, 0.25) is 5.91 Å². The summed E-state index contributed by atoms with van der Waals surface area (Å²) in [7, 11) is 0. The fourth-order valence-electron chi connectivity index (χ4n) is 3.88. The lowest BCUT2D eigenvalue weighted by atomic mass is 9.89. The van der Waals surface area contributed by atoms with Crippen LogP contribution in [0.2, 0.25) is 0 Å². The number of carboxylic acids is 1. The molecule has 172 valence electrons. The highest BCUT2D eigenvalue weighted by Crippen LogP contribution is 2.30. The van der Waals surface area contributed by atoms with Crippen molar-refractivity contribution in [3.63, 3.8) is 0 Å². The molecule has 0 bridgehead atoms. The Bertz CT molecular complexity index is 1070. The van der Waals surface area contributed by atoms with Gasteiger partial charge in [-0.3, -0.25) is 9.59 Å². The molecule has 0 aromatic heterocycles. The minimum Gasteiger partial charge on any atom is -0.506 e. The van der Waals surface area contributed by atoms with E-state index in [4.69, 9.17) is 5.11 Å². The van der Waals surface area contributed by atoms with Gasteiger partial charge in [-0.1, -0.05) is 74.5 Å². The van der Waals surface area contributed by atoms with Crippen molar-refractivity contribution < 1.29 is 19.8 Å². The molecule has 0 saturated carbocycles. The van der Waals surface area contributed by atoms with Crippen molar-refractivity contribution in [2.24, 2.45) is 5.92 Å². The maximum Gasteiger partial charge on any atom is 0.303 e. The van der Waals surface area contributed by atoms with E-state index in [1.807, 2.05) is 66.7 Å². The second-order valence-electron chi connectivity index (χ2n) is 8.82. The van der Waals surface area contributed by atoms with Gasteiger partial charge in [0.15, 0.2) is 0 Å². The van der Waals surface area contributed by atoms with Crippen molar-refractivity contribution in [2.45, 2.75) is 45.4 Å². The zero-order valence-corrected chi connectivity index (χ0v) is 19.1. The van der Waals surface area contributed by atoms with Gasteiger partial charge < -0.3 is 15.5 Å². The second-order valence-corrected chi connectivity index (χ2v) is 8.82. The van der Waals surface area contributed by atoms with Crippen LogP contribution in [0.3, 0.4) is 0 Å². The third-order valence-corrected chi connectivity index (χ3v) is 5.60. The van der Waals surface area contributed by atoms with E-state index in [0.717, 1.165) is 22.3 Å². The van der Waals surface area contributed by atoms with Crippen molar-refractivity contribution in [3.05, 3.63) is 95.1 Å². The largest absolute Gasteiger partial charge is 0.506 e. The normalized spacial score (nSPS) is 11.8. The number of carbonyl (C=O) groups excluding carboxylic acids is 1. The van der Waals surface area contributed by atoms with Crippen LogP contribution in [-0.4, -0.2) is 22.1 Å². The average molecular weight is 446 g/mol. The fraction of sp³-hybridized carbons (Fsp3) is 0.286. The van der Waals surface area contributed by atoms with Crippen LogP contribution in [0, 0.1) is 5.92 Å². The number of phenols is 1. The number of aryl methyl sites for hydroxylation is 1. The van der Waals surface area contributed by atoms with Crippen LogP contribution < -0.4 is 5.32 Å². The molecule has 33 heavy (non-hydrogen) atoms. The predicted molar refractivity (Wildman–Crippen MR) is 131 cm³/mol. The maximum atomic E-state index is 13.2. The summed E-state index contributed by atoms with van der Waals surface area (Å²) in [4.78, 5) is 23.9. The Hall–Kier alpha value is -3.60. The van der Waals surface area contributed by atoms with Gasteiger partial charge in [0.1, 0.15) is 5.75 Å². The first-order chi connectivity index (χ1) is 15.8. The molecule has 3 N–H and O–H groups in total. The molecule has 0 aliphatic carbocycles. The lowest BCUT2D eigenvalue weighted by molar-refractivity contribution is -0.137. The standard InChI is InChI=1S/C28H31NO4/c1-19(2)16-24(23-6-4-3-5-7-23)28(33)29-25-18-22(12-14-26(25)30)17-21-10-8-20(9-11-21)13-15-27(31)32/h3-12,14,18-19,24,30H,13,15-17H2,1-2H3,(H,29,33)(H,31,32). The Labute approximate surface area is 195 Å². The fourth-order valence-corrected chi connectivity index (χ4v) is 3.88. The summed E-state index contributed by atoms with van der Waals surface area (Å²) in [5.41, 5.74) is 4.38. The molecule has 1 unspecified atom stereocenters. The van der Waals surface area contributed by atoms with Crippen LogP contribution in [0.15, 0.2) is 72.8 Å². The van der Waals surface area contributed by atoms with Gasteiger partial charge in [0.25, 0.3) is 0 Å². The smallest absolute Gasteiger partial charge is 0.303 e. The number of benzene rings is 3. The Balaban J connectivity index is 1.72. The summed E-state index contributed by atoms with van der Waals surface area (Å²) in [5, 5.41) is 22.1. The molecule has 0 aliphatic rings. The molecule has 1 atom stereocenters. The van der Waals surface area contributed by atoms with Crippen LogP contribution in [-0.2, 0) is 22.4 Å². The zero-order valence-electron chi connectivity index (χ0n) is 19.1. The molecule has 0 saturated heterocycles. The van der Waals surface area contributed by atoms with Crippen molar-refractivity contribution in [1.82, 2.24) is 0 Å². The van der Waals surface area contributed by atoms with Gasteiger partial charge in [-0.15, -0.1) is 0 Å². The van der Waals surface area contributed by atoms with E-state index >= 15 is 0 Å². The third kappa shape index (κ3) is 7.21. The van der Waals surface area contributed by atoms with E-state index in [-0.39, 0.29) is 24.0 Å². The molecule has 3 aromatic carbocycles.